The second-order valence-corrected chi connectivity index (χ2v) is 3.75. The first kappa shape index (κ1) is 12.9. The smallest absolute Gasteiger partial charge is 0.0725 e. The summed E-state index contributed by atoms with van der Waals surface area (Å²) in [7, 11) is 0. The fourth-order valence-electron chi connectivity index (χ4n) is 1.73. The molecule has 2 N–H and O–H groups in total. The normalized spacial score (nSPS) is 18.2. The van der Waals surface area contributed by atoms with Gasteiger partial charge in [0.2, 0.25) is 0 Å². The van der Waals surface area contributed by atoms with Gasteiger partial charge in [-0.1, -0.05) is 27.2 Å². The van der Waals surface area contributed by atoms with Gasteiger partial charge < -0.3 is 10.5 Å². The van der Waals surface area contributed by atoms with Crippen LogP contribution in [0.4, 0.5) is 0 Å². The van der Waals surface area contributed by atoms with Crippen molar-refractivity contribution >= 4 is 0 Å². The van der Waals surface area contributed by atoms with Gasteiger partial charge in [-0.05, 0) is 25.7 Å². The molecule has 0 saturated carbocycles. The monoisotopic (exact) mass is 187 g/mol. The average molecular weight is 187 g/mol. The van der Waals surface area contributed by atoms with Gasteiger partial charge in [0.25, 0.3) is 0 Å². The van der Waals surface area contributed by atoms with Crippen molar-refractivity contribution in [2.24, 2.45) is 11.7 Å². The Kier molecular flexibility index (Phi) is 7.29. The van der Waals surface area contributed by atoms with Crippen molar-refractivity contribution in [1.29, 1.82) is 0 Å². The molecule has 0 aromatic carbocycles. The summed E-state index contributed by atoms with van der Waals surface area (Å²) in [4.78, 5) is 0. The average Bonchev–Trinajstić information content (AvgIpc) is 2.13. The summed E-state index contributed by atoms with van der Waals surface area (Å²) in [5, 5.41) is 0. The molecule has 0 amide bonds. The van der Waals surface area contributed by atoms with Crippen molar-refractivity contribution in [1.82, 2.24) is 0 Å². The zero-order chi connectivity index (χ0) is 10.3. The van der Waals surface area contributed by atoms with Crippen LogP contribution in [-0.2, 0) is 4.74 Å². The van der Waals surface area contributed by atoms with Crippen LogP contribution in [0.25, 0.3) is 0 Å². The molecule has 0 saturated heterocycles. The molecule has 0 bridgehead atoms. The highest BCUT2D eigenvalue weighted by Crippen LogP contribution is 2.15. The third-order valence-electron chi connectivity index (χ3n) is 2.61. The zero-order valence-corrected chi connectivity index (χ0v) is 9.55. The second-order valence-electron chi connectivity index (χ2n) is 3.75. The Labute approximate surface area is 82.8 Å². The summed E-state index contributed by atoms with van der Waals surface area (Å²) < 4.78 is 5.60. The van der Waals surface area contributed by atoms with E-state index in [1.807, 2.05) is 6.92 Å². The van der Waals surface area contributed by atoms with Gasteiger partial charge in [-0.25, -0.2) is 0 Å². The lowest BCUT2D eigenvalue weighted by molar-refractivity contribution is 0.0277. The van der Waals surface area contributed by atoms with Crippen LogP contribution >= 0.6 is 0 Å². The van der Waals surface area contributed by atoms with Gasteiger partial charge >= 0.3 is 0 Å². The number of hydrogen-bond donors (Lipinski definition) is 1. The lowest BCUT2D eigenvalue weighted by atomic mass is 9.92. The van der Waals surface area contributed by atoms with Crippen molar-refractivity contribution in [3.63, 3.8) is 0 Å². The van der Waals surface area contributed by atoms with E-state index in [0.717, 1.165) is 13.0 Å². The number of nitrogens with two attached hydrogens (primary N) is 1. The Morgan fingerprint density at radius 2 is 1.85 bits per heavy atom. The van der Waals surface area contributed by atoms with Gasteiger partial charge in [0.15, 0.2) is 0 Å². The van der Waals surface area contributed by atoms with Crippen molar-refractivity contribution in [2.45, 2.75) is 59.1 Å². The Morgan fingerprint density at radius 1 is 1.23 bits per heavy atom. The van der Waals surface area contributed by atoms with E-state index in [-0.39, 0.29) is 12.1 Å². The maximum Gasteiger partial charge on any atom is 0.0725 e. The highest BCUT2D eigenvalue weighted by molar-refractivity contribution is 4.77. The molecule has 3 unspecified atom stereocenters. The Morgan fingerprint density at radius 3 is 2.23 bits per heavy atom. The highest BCUT2D eigenvalue weighted by Gasteiger charge is 2.21. The minimum atomic E-state index is 0.199. The van der Waals surface area contributed by atoms with E-state index < -0.39 is 0 Å². The molecule has 0 fully saturated rings. The minimum absolute atomic E-state index is 0.199. The maximum atomic E-state index is 6.12. The quantitative estimate of drug-likeness (QED) is 0.665. The molecule has 80 valence electrons. The minimum Gasteiger partial charge on any atom is -0.377 e. The fourth-order valence-corrected chi connectivity index (χ4v) is 1.73. The summed E-state index contributed by atoms with van der Waals surface area (Å²) in [5.74, 6) is 0.571. The van der Waals surface area contributed by atoms with E-state index in [1.54, 1.807) is 0 Å². The van der Waals surface area contributed by atoms with Gasteiger partial charge in [-0.2, -0.15) is 0 Å². The van der Waals surface area contributed by atoms with Crippen LogP contribution in [0.3, 0.4) is 0 Å². The molecule has 0 aromatic rings. The van der Waals surface area contributed by atoms with E-state index >= 15 is 0 Å². The molecule has 2 nitrogen and oxygen atoms in total. The van der Waals surface area contributed by atoms with Crippen LogP contribution in [0.15, 0.2) is 0 Å². The molecular weight excluding hydrogens is 162 g/mol. The molecule has 0 aromatic heterocycles. The van der Waals surface area contributed by atoms with Crippen molar-refractivity contribution in [2.75, 3.05) is 6.61 Å². The molecule has 2 heteroatoms. The van der Waals surface area contributed by atoms with Crippen LogP contribution in [0.1, 0.15) is 47.0 Å². The molecule has 3 atom stereocenters. The SMILES string of the molecule is CCCC(C)C(N)C(CC)OCC. The van der Waals surface area contributed by atoms with Crippen LogP contribution in [-0.4, -0.2) is 18.8 Å². The summed E-state index contributed by atoms with van der Waals surface area (Å²) in [6.07, 6.45) is 3.66. The summed E-state index contributed by atoms with van der Waals surface area (Å²) >= 11 is 0. The molecule has 0 radical (unpaired) electrons. The molecule has 13 heavy (non-hydrogen) atoms. The highest BCUT2D eigenvalue weighted by atomic mass is 16.5. The van der Waals surface area contributed by atoms with Crippen molar-refractivity contribution in [3.8, 4) is 0 Å². The van der Waals surface area contributed by atoms with Crippen LogP contribution < -0.4 is 5.73 Å². The first-order valence-corrected chi connectivity index (χ1v) is 5.54. The summed E-state index contributed by atoms with van der Waals surface area (Å²) in [5.41, 5.74) is 6.12. The topological polar surface area (TPSA) is 35.2 Å². The van der Waals surface area contributed by atoms with Gasteiger partial charge in [0.05, 0.1) is 6.10 Å². The Balaban J connectivity index is 3.94. The third-order valence-corrected chi connectivity index (χ3v) is 2.61. The van der Waals surface area contributed by atoms with E-state index in [9.17, 15) is 0 Å². The first-order chi connectivity index (χ1) is 6.17. The molecule has 0 aliphatic rings. The van der Waals surface area contributed by atoms with Gasteiger partial charge in [0, 0.05) is 12.6 Å². The Hall–Kier alpha value is -0.0800. The van der Waals surface area contributed by atoms with Crippen LogP contribution in [0.5, 0.6) is 0 Å². The number of hydrogen-bond acceptors (Lipinski definition) is 2. The van der Waals surface area contributed by atoms with Gasteiger partial charge in [-0.15, -0.1) is 0 Å². The van der Waals surface area contributed by atoms with Crippen molar-refractivity contribution in [3.05, 3.63) is 0 Å². The number of rotatable bonds is 7. The fraction of sp³-hybridized carbons (Fsp3) is 1.00. The van der Waals surface area contributed by atoms with Gasteiger partial charge in [-0.3, -0.25) is 0 Å². The zero-order valence-electron chi connectivity index (χ0n) is 9.55. The molecule has 0 rings (SSSR count). The predicted octanol–water partition coefficient (Wildman–Crippen LogP) is 2.57. The van der Waals surface area contributed by atoms with E-state index in [2.05, 4.69) is 20.8 Å². The molecular formula is C11H25NO. The van der Waals surface area contributed by atoms with Crippen LogP contribution in [0.2, 0.25) is 0 Å². The lowest BCUT2D eigenvalue weighted by Crippen LogP contribution is -2.41. The van der Waals surface area contributed by atoms with Crippen LogP contribution in [0, 0.1) is 5.92 Å². The van der Waals surface area contributed by atoms with E-state index in [4.69, 9.17) is 10.5 Å². The molecule has 0 heterocycles. The number of ether oxygens (including phenoxy) is 1. The van der Waals surface area contributed by atoms with E-state index in [0.29, 0.717) is 5.92 Å². The van der Waals surface area contributed by atoms with Crippen molar-refractivity contribution < 1.29 is 4.74 Å². The standard InChI is InChI=1S/C11H25NO/c1-5-8-9(4)11(12)10(6-2)13-7-3/h9-11H,5-8,12H2,1-4H3. The maximum absolute atomic E-state index is 6.12. The van der Waals surface area contributed by atoms with E-state index in [1.165, 1.54) is 12.8 Å². The molecule has 0 aliphatic carbocycles. The molecule has 0 spiro atoms. The molecule has 0 aliphatic heterocycles. The third kappa shape index (κ3) is 4.63. The Bertz CT molecular complexity index is 117. The second kappa shape index (κ2) is 7.34. The summed E-state index contributed by atoms with van der Waals surface area (Å²) in [6.45, 7) is 9.35. The first-order valence-electron chi connectivity index (χ1n) is 5.54. The summed E-state index contributed by atoms with van der Waals surface area (Å²) in [6, 6.07) is 0.199. The van der Waals surface area contributed by atoms with Gasteiger partial charge in [0.1, 0.15) is 0 Å². The largest absolute Gasteiger partial charge is 0.377 e. The predicted molar refractivity (Wildman–Crippen MR) is 57.8 cm³/mol. The lowest BCUT2D eigenvalue weighted by Gasteiger charge is -2.27.